The normalized spacial score (nSPS) is 21.6. The van der Waals surface area contributed by atoms with Crippen molar-refractivity contribution < 1.29 is 9.59 Å². The maximum atomic E-state index is 13.2. The van der Waals surface area contributed by atoms with Gasteiger partial charge in [-0.1, -0.05) is 41.4 Å². The number of carbonyl (C=O) groups is 2. The van der Waals surface area contributed by atoms with Gasteiger partial charge in [0.2, 0.25) is 11.8 Å². The quantitative estimate of drug-likeness (QED) is 0.669. The molecule has 0 bridgehead atoms. The molecule has 170 valence electrons. The third-order valence-corrected chi connectivity index (χ3v) is 7.19. The van der Waals surface area contributed by atoms with Crippen molar-refractivity contribution in [3.8, 4) is 0 Å². The van der Waals surface area contributed by atoms with E-state index in [2.05, 4.69) is 23.3 Å². The second-order valence-electron chi connectivity index (χ2n) is 8.92. The van der Waals surface area contributed by atoms with Crippen molar-refractivity contribution in [3.63, 3.8) is 0 Å². The van der Waals surface area contributed by atoms with Crippen molar-refractivity contribution in [1.82, 2.24) is 9.80 Å². The first-order valence-electron chi connectivity index (χ1n) is 11.1. The standard InChI is InChI=1S/C25H29Cl2N3O2/c1-16(31)30-10-5-6-17(9-11-30)25(32)28-24-8-4-3-7-19(24)21-14-29(2)15-22-20(21)12-18(26)13-23(22)27/h3-4,7-8,12-13,17,21H,5-6,9-11,14-15H2,1-2H3,(H,28,32). The average molecular weight is 474 g/mol. The number of nitrogens with zero attached hydrogens (tertiary/aromatic N) is 2. The number of halogens is 2. The van der Waals surface area contributed by atoms with Gasteiger partial charge in [0, 0.05) is 60.7 Å². The molecule has 2 atom stereocenters. The first-order chi connectivity index (χ1) is 15.3. The number of amides is 2. The van der Waals surface area contributed by atoms with Gasteiger partial charge in [-0.2, -0.15) is 0 Å². The maximum absolute atomic E-state index is 13.2. The van der Waals surface area contributed by atoms with E-state index in [1.54, 1.807) is 13.0 Å². The number of likely N-dealkylation sites (N-methyl/N-ethyl adjacent to an activating group) is 1. The summed E-state index contributed by atoms with van der Waals surface area (Å²) in [5, 5.41) is 4.50. The third kappa shape index (κ3) is 4.95. The Morgan fingerprint density at radius 3 is 2.62 bits per heavy atom. The van der Waals surface area contributed by atoms with E-state index in [1.165, 1.54) is 0 Å². The van der Waals surface area contributed by atoms with Gasteiger partial charge in [0.05, 0.1) is 0 Å². The van der Waals surface area contributed by atoms with Crippen LogP contribution in [-0.4, -0.2) is 48.3 Å². The van der Waals surface area contributed by atoms with E-state index in [9.17, 15) is 9.59 Å². The highest BCUT2D eigenvalue weighted by molar-refractivity contribution is 6.35. The Morgan fingerprint density at radius 1 is 1.06 bits per heavy atom. The Morgan fingerprint density at radius 2 is 1.84 bits per heavy atom. The molecule has 5 nitrogen and oxygen atoms in total. The molecule has 0 spiro atoms. The lowest BCUT2D eigenvalue weighted by atomic mass is 9.84. The molecule has 1 fully saturated rings. The van der Waals surface area contributed by atoms with Gasteiger partial charge in [-0.3, -0.25) is 9.59 Å². The number of carbonyl (C=O) groups excluding carboxylic acids is 2. The number of likely N-dealkylation sites (tertiary alicyclic amines) is 1. The lowest BCUT2D eigenvalue weighted by molar-refractivity contribution is -0.129. The molecule has 1 saturated heterocycles. The summed E-state index contributed by atoms with van der Waals surface area (Å²) in [6.45, 7) is 4.53. The van der Waals surface area contributed by atoms with Gasteiger partial charge < -0.3 is 15.1 Å². The predicted molar refractivity (Wildman–Crippen MR) is 129 cm³/mol. The molecule has 0 saturated carbocycles. The minimum Gasteiger partial charge on any atom is -0.343 e. The molecule has 2 aliphatic rings. The molecule has 2 aromatic rings. The van der Waals surface area contributed by atoms with Crippen LogP contribution in [0.1, 0.15) is 48.8 Å². The van der Waals surface area contributed by atoms with E-state index in [0.29, 0.717) is 23.0 Å². The fourth-order valence-electron chi connectivity index (χ4n) is 4.93. The van der Waals surface area contributed by atoms with Crippen molar-refractivity contribution in [2.45, 2.75) is 38.6 Å². The number of fused-ring (bicyclic) bond motifs is 1. The molecule has 4 rings (SSSR count). The zero-order valence-electron chi connectivity index (χ0n) is 18.5. The minimum atomic E-state index is -0.0994. The molecule has 2 unspecified atom stereocenters. The van der Waals surface area contributed by atoms with Crippen LogP contribution in [0.25, 0.3) is 0 Å². The Labute approximate surface area is 199 Å². The average Bonchev–Trinajstić information content (AvgIpc) is 3.01. The smallest absolute Gasteiger partial charge is 0.227 e. The van der Waals surface area contributed by atoms with Crippen LogP contribution in [0.4, 0.5) is 5.69 Å². The van der Waals surface area contributed by atoms with Gasteiger partial charge in [-0.25, -0.2) is 0 Å². The minimum absolute atomic E-state index is 0.0244. The second kappa shape index (κ2) is 9.82. The summed E-state index contributed by atoms with van der Waals surface area (Å²) in [5.74, 6) is 0.0570. The van der Waals surface area contributed by atoms with Gasteiger partial charge >= 0.3 is 0 Å². The van der Waals surface area contributed by atoms with Crippen LogP contribution >= 0.6 is 23.2 Å². The number of hydrogen-bond acceptors (Lipinski definition) is 3. The monoisotopic (exact) mass is 473 g/mol. The van der Waals surface area contributed by atoms with Crippen molar-refractivity contribution in [3.05, 3.63) is 63.1 Å². The van der Waals surface area contributed by atoms with Gasteiger partial charge in [0.25, 0.3) is 0 Å². The topological polar surface area (TPSA) is 52.7 Å². The highest BCUT2D eigenvalue weighted by atomic mass is 35.5. The van der Waals surface area contributed by atoms with Crippen LogP contribution in [0.5, 0.6) is 0 Å². The van der Waals surface area contributed by atoms with E-state index in [0.717, 1.165) is 54.9 Å². The van der Waals surface area contributed by atoms with Crippen LogP contribution in [0.15, 0.2) is 36.4 Å². The molecular weight excluding hydrogens is 445 g/mol. The largest absolute Gasteiger partial charge is 0.343 e. The molecule has 2 aliphatic heterocycles. The van der Waals surface area contributed by atoms with Crippen molar-refractivity contribution in [2.24, 2.45) is 5.92 Å². The zero-order valence-corrected chi connectivity index (χ0v) is 20.0. The fraction of sp³-hybridized carbons (Fsp3) is 0.440. The first-order valence-corrected chi connectivity index (χ1v) is 11.9. The van der Waals surface area contributed by atoms with Crippen LogP contribution < -0.4 is 5.32 Å². The third-order valence-electron chi connectivity index (χ3n) is 6.63. The summed E-state index contributed by atoms with van der Waals surface area (Å²) in [6, 6.07) is 11.8. The maximum Gasteiger partial charge on any atom is 0.227 e. The van der Waals surface area contributed by atoms with Crippen molar-refractivity contribution in [1.29, 1.82) is 0 Å². The molecule has 0 radical (unpaired) electrons. The van der Waals surface area contributed by atoms with E-state index in [1.807, 2.05) is 29.2 Å². The number of hydrogen-bond donors (Lipinski definition) is 1. The lowest BCUT2D eigenvalue weighted by Crippen LogP contribution is -2.32. The van der Waals surface area contributed by atoms with Crippen molar-refractivity contribution >= 4 is 40.7 Å². The van der Waals surface area contributed by atoms with E-state index < -0.39 is 0 Å². The fourth-order valence-corrected chi connectivity index (χ4v) is 5.50. The Kier molecular flexibility index (Phi) is 7.08. The van der Waals surface area contributed by atoms with E-state index in [4.69, 9.17) is 23.2 Å². The molecule has 2 aromatic carbocycles. The summed E-state index contributed by atoms with van der Waals surface area (Å²) < 4.78 is 0. The molecule has 0 aliphatic carbocycles. The van der Waals surface area contributed by atoms with E-state index in [-0.39, 0.29) is 23.7 Å². The van der Waals surface area contributed by atoms with Crippen molar-refractivity contribution in [2.75, 3.05) is 32.0 Å². The summed E-state index contributed by atoms with van der Waals surface area (Å²) in [7, 11) is 2.08. The number of benzene rings is 2. The molecule has 32 heavy (non-hydrogen) atoms. The summed E-state index contributed by atoms with van der Waals surface area (Å²) >= 11 is 12.9. The number of para-hydroxylation sites is 1. The number of rotatable bonds is 3. The van der Waals surface area contributed by atoms with Crippen LogP contribution in [-0.2, 0) is 16.1 Å². The van der Waals surface area contributed by atoms with Gasteiger partial charge in [0.15, 0.2) is 0 Å². The van der Waals surface area contributed by atoms with Gasteiger partial charge in [-0.05, 0) is 61.2 Å². The first kappa shape index (κ1) is 23.1. The van der Waals surface area contributed by atoms with Crippen LogP contribution in [0, 0.1) is 5.92 Å². The van der Waals surface area contributed by atoms with Crippen LogP contribution in [0.2, 0.25) is 10.0 Å². The molecule has 1 N–H and O–H groups in total. The zero-order chi connectivity index (χ0) is 22.8. The second-order valence-corrected chi connectivity index (χ2v) is 9.76. The number of nitrogens with one attached hydrogen (secondary N) is 1. The van der Waals surface area contributed by atoms with Gasteiger partial charge in [-0.15, -0.1) is 0 Å². The van der Waals surface area contributed by atoms with Crippen LogP contribution in [0.3, 0.4) is 0 Å². The predicted octanol–water partition coefficient (Wildman–Crippen LogP) is 5.16. The molecular formula is C25H29Cl2N3O2. The summed E-state index contributed by atoms with van der Waals surface area (Å²) in [5.41, 5.74) is 4.09. The number of anilines is 1. The van der Waals surface area contributed by atoms with Gasteiger partial charge in [0.1, 0.15) is 0 Å². The molecule has 0 aromatic heterocycles. The molecule has 2 amide bonds. The summed E-state index contributed by atoms with van der Waals surface area (Å²) in [4.78, 5) is 29.0. The highest BCUT2D eigenvalue weighted by Crippen LogP contribution is 2.40. The Bertz CT molecular complexity index is 1030. The Hall–Kier alpha value is -2.08. The SMILES string of the molecule is CC(=O)N1CCCC(C(=O)Nc2ccccc2C2CN(C)Cc3c(Cl)cc(Cl)cc32)CC1. The molecule has 2 heterocycles. The highest BCUT2D eigenvalue weighted by Gasteiger charge is 2.30. The summed E-state index contributed by atoms with van der Waals surface area (Å²) in [6.07, 6.45) is 2.32. The molecule has 7 heteroatoms. The van der Waals surface area contributed by atoms with E-state index >= 15 is 0 Å². The Balaban J connectivity index is 1.59. The lowest BCUT2D eigenvalue weighted by Gasteiger charge is -2.34.